The fourth-order valence-electron chi connectivity index (χ4n) is 12.8. The molecule has 6 aromatic heterocycles. The van der Waals surface area contributed by atoms with Crippen LogP contribution >= 0.6 is 22.7 Å². The van der Waals surface area contributed by atoms with Crippen LogP contribution in [-0.4, -0.2) is 9.13 Å². The Kier molecular flexibility index (Phi) is 8.36. The first-order valence-corrected chi connectivity index (χ1v) is 26.8. The molecule has 11 aromatic carbocycles. The monoisotopic (exact) mass is 1000 g/mol. The largest absolute Gasteiger partial charge is 0.456 e. The van der Waals surface area contributed by atoms with Gasteiger partial charge in [-0.3, -0.25) is 0 Å². The van der Waals surface area contributed by atoms with Crippen molar-refractivity contribution in [2.24, 2.45) is 0 Å². The van der Waals surface area contributed by atoms with Gasteiger partial charge in [0.1, 0.15) is 34.5 Å². The summed E-state index contributed by atoms with van der Waals surface area (Å²) in [5.74, 6) is 0. The predicted molar refractivity (Wildman–Crippen MR) is 316 cm³/mol. The molecule has 0 aliphatic carbocycles. The molecule has 0 fully saturated rings. The first kappa shape index (κ1) is 41.5. The Morgan fingerprint density at radius 1 is 0.329 bits per heavy atom. The first-order chi connectivity index (χ1) is 37.7. The molecule has 76 heavy (non-hydrogen) atoms. The average Bonchev–Trinajstić information content (AvgIpc) is 4.51. The van der Waals surface area contributed by atoms with Crippen LogP contribution in [-0.2, 0) is 0 Å². The van der Waals surface area contributed by atoms with Crippen molar-refractivity contribution in [3.05, 3.63) is 217 Å². The van der Waals surface area contributed by atoms with Gasteiger partial charge < -0.3 is 18.0 Å². The van der Waals surface area contributed by atoms with Crippen molar-refractivity contribution in [3.63, 3.8) is 0 Å². The molecule has 17 rings (SSSR count). The number of furan rings is 2. The summed E-state index contributed by atoms with van der Waals surface area (Å²) >= 11 is 3.54. The molecule has 0 saturated carbocycles. The highest BCUT2D eigenvalue weighted by molar-refractivity contribution is 7.27. The summed E-state index contributed by atoms with van der Waals surface area (Å²) in [5.41, 5.74) is 11.6. The molecule has 0 bridgehead atoms. The lowest BCUT2D eigenvalue weighted by Crippen LogP contribution is -2.11. The Morgan fingerprint density at radius 3 is 1.18 bits per heavy atom. The van der Waals surface area contributed by atoms with Gasteiger partial charge in [-0.15, -0.1) is 22.7 Å². The fourth-order valence-corrected chi connectivity index (χ4v) is 15.3. The minimum absolute atomic E-state index is 0.367. The number of fused-ring (bicyclic) bond motifs is 20. The van der Waals surface area contributed by atoms with Crippen LogP contribution in [0.2, 0.25) is 0 Å². The molecule has 6 nitrogen and oxygen atoms in total. The molecule has 8 heteroatoms. The minimum Gasteiger partial charge on any atom is -0.456 e. The lowest BCUT2D eigenvalue weighted by molar-refractivity contribution is 0.668. The van der Waals surface area contributed by atoms with Gasteiger partial charge in [-0.2, -0.15) is 10.5 Å². The predicted octanol–water partition coefficient (Wildman–Crippen LogP) is 19.5. The summed E-state index contributed by atoms with van der Waals surface area (Å²) in [6, 6.07) is 77.6. The van der Waals surface area contributed by atoms with Crippen LogP contribution in [0.4, 0.5) is 0 Å². The highest BCUT2D eigenvalue weighted by atomic mass is 32.1. The molecule has 0 radical (unpaired) electrons. The van der Waals surface area contributed by atoms with Gasteiger partial charge >= 0.3 is 0 Å². The minimum atomic E-state index is 0.367. The van der Waals surface area contributed by atoms with Crippen LogP contribution in [0.25, 0.3) is 161 Å². The van der Waals surface area contributed by atoms with Crippen LogP contribution in [0.15, 0.2) is 215 Å². The summed E-state index contributed by atoms with van der Waals surface area (Å²) in [5, 5.41) is 37.6. The Balaban J connectivity index is 1.21. The SMILES string of the molecule is N#Cc1c(-c2cccc3oc4ccccc4c23)c(C#N)c(-n2c3ccccc3c3ccc4c5ccccc5sc4c32)c(-c2cccc3oc4ccccc4c23)c1-n1c2ccccc2c2ccc3c4ccccc4sc3c21. The first-order valence-electron chi connectivity index (χ1n) is 25.2. The van der Waals surface area contributed by atoms with Gasteiger partial charge in [-0.1, -0.05) is 158 Å². The van der Waals surface area contributed by atoms with Gasteiger partial charge in [0.25, 0.3) is 0 Å². The van der Waals surface area contributed by atoms with Gasteiger partial charge in [0.2, 0.25) is 0 Å². The van der Waals surface area contributed by atoms with Crippen LogP contribution in [0.3, 0.4) is 0 Å². The van der Waals surface area contributed by atoms with Crippen molar-refractivity contribution in [1.82, 2.24) is 9.13 Å². The van der Waals surface area contributed by atoms with Crippen molar-refractivity contribution in [1.29, 1.82) is 10.5 Å². The third-order valence-electron chi connectivity index (χ3n) is 15.8. The number of thiophene rings is 2. The van der Waals surface area contributed by atoms with Crippen LogP contribution in [0.5, 0.6) is 0 Å². The van der Waals surface area contributed by atoms with E-state index in [1.165, 1.54) is 20.2 Å². The van der Waals surface area contributed by atoms with E-state index in [4.69, 9.17) is 8.83 Å². The summed E-state index contributed by atoms with van der Waals surface area (Å²) in [6.45, 7) is 0. The molecule has 0 atom stereocenters. The summed E-state index contributed by atoms with van der Waals surface area (Å²) < 4.78 is 22.7. The van der Waals surface area contributed by atoms with E-state index in [2.05, 4.69) is 167 Å². The second-order valence-corrected chi connectivity index (χ2v) is 21.7. The normalized spacial score (nSPS) is 12.2. The maximum Gasteiger partial charge on any atom is 0.136 e. The molecule has 0 unspecified atom stereocenters. The number of benzene rings is 11. The quantitative estimate of drug-likeness (QED) is 0.176. The molecule has 17 aromatic rings. The van der Waals surface area contributed by atoms with E-state index in [0.29, 0.717) is 39.2 Å². The molecule has 0 saturated heterocycles. The standard InChI is InChI=1S/C68H34N4O2S2/c69-35-49-59(47-21-13-27-55-60(47)45-19-3-9-25-53(45)73-55)50(36-70)64(72-52-24-8-2-16-38(52)42-32-34-44-40-18-6-12-30-58(40)76-68(44)66(42)72)62(48-22-14-28-56-61(48)46-20-4-10-26-54(46)74-56)63(49)71-51-23-7-1-15-37(51)41-31-33-43-39-17-5-11-29-57(39)75-67(43)65(41)71/h1-34H. The van der Waals surface area contributed by atoms with E-state index in [9.17, 15) is 10.5 Å². The van der Waals surface area contributed by atoms with Gasteiger partial charge in [-0.05, 0) is 59.7 Å². The van der Waals surface area contributed by atoms with E-state index in [1.54, 1.807) is 22.7 Å². The summed E-state index contributed by atoms with van der Waals surface area (Å²) in [4.78, 5) is 0. The topological polar surface area (TPSA) is 83.7 Å². The Hall–Kier alpha value is -9.96. The Morgan fingerprint density at radius 2 is 0.711 bits per heavy atom. The Labute approximate surface area is 439 Å². The molecule has 0 aliphatic heterocycles. The van der Waals surface area contributed by atoms with Crippen molar-refractivity contribution in [2.75, 3.05) is 0 Å². The molecule has 350 valence electrons. The van der Waals surface area contributed by atoms with E-state index in [0.717, 1.165) is 113 Å². The van der Waals surface area contributed by atoms with E-state index in [1.807, 2.05) is 60.7 Å². The zero-order chi connectivity index (χ0) is 49.9. The van der Waals surface area contributed by atoms with Crippen molar-refractivity contribution in [3.8, 4) is 45.8 Å². The third kappa shape index (κ3) is 5.35. The number of para-hydroxylation sites is 4. The van der Waals surface area contributed by atoms with Crippen LogP contribution in [0.1, 0.15) is 11.1 Å². The average molecular weight is 1000 g/mol. The van der Waals surface area contributed by atoms with E-state index in [-0.39, 0.29) is 0 Å². The van der Waals surface area contributed by atoms with E-state index < -0.39 is 0 Å². The molecule has 0 amide bonds. The van der Waals surface area contributed by atoms with Gasteiger partial charge in [0.05, 0.1) is 54.0 Å². The van der Waals surface area contributed by atoms with Gasteiger partial charge in [0, 0.05) is 85.2 Å². The molecule has 0 N–H and O–H groups in total. The highest BCUT2D eigenvalue weighted by Gasteiger charge is 2.35. The summed E-state index contributed by atoms with van der Waals surface area (Å²) in [7, 11) is 0. The van der Waals surface area contributed by atoms with Crippen LogP contribution < -0.4 is 0 Å². The van der Waals surface area contributed by atoms with Gasteiger partial charge in [-0.25, -0.2) is 0 Å². The van der Waals surface area contributed by atoms with E-state index >= 15 is 0 Å². The van der Waals surface area contributed by atoms with Crippen LogP contribution in [0, 0.1) is 22.7 Å². The van der Waals surface area contributed by atoms with Crippen molar-refractivity contribution < 1.29 is 8.83 Å². The second kappa shape index (κ2) is 15.3. The number of hydrogen-bond donors (Lipinski definition) is 0. The fraction of sp³-hybridized carbons (Fsp3) is 0. The number of nitriles is 2. The molecular formula is C68H34N4O2S2. The number of rotatable bonds is 4. The lowest BCUT2D eigenvalue weighted by atomic mass is 9.84. The zero-order valence-electron chi connectivity index (χ0n) is 40.1. The smallest absolute Gasteiger partial charge is 0.136 e. The zero-order valence-corrected chi connectivity index (χ0v) is 41.7. The molecule has 0 spiro atoms. The Bertz CT molecular complexity index is 5300. The number of hydrogen-bond acceptors (Lipinski definition) is 6. The van der Waals surface area contributed by atoms with Crippen molar-refractivity contribution >= 4 is 151 Å². The third-order valence-corrected chi connectivity index (χ3v) is 18.2. The summed E-state index contributed by atoms with van der Waals surface area (Å²) in [6.07, 6.45) is 0. The maximum absolute atomic E-state index is 12.6. The highest BCUT2D eigenvalue weighted by Crippen LogP contribution is 2.54. The maximum atomic E-state index is 12.6. The molecule has 6 heterocycles. The van der Waals surface area contributed by atoms with Crippen molar-refractivity contribution in [2.45, 2.75) is 0 Å². The molecule has 0 aliphatic rings. The number of nitrogens with zero attached hydrogens (tertiary/aromatic N) is 4. The lowest BCUT2D eigenvalue weighted by Gasteiger charge is -2.26. The second-order valence-electron chi connectivity index (χ2n) is 19.6. The molecular weight excluding hydrogens is 969 g/mol. The van der Waals surface area contributed by atoms with Gasteiger partial charge in [0.15, 0.2) is 0 Å². The number of aromatic nitrogens is 2.